The number of pyridine rings is 1. The summed E-state index contributed by atoms with van der Waals surface area (Å²) >= 11 is 6.23. The Labute approximate surface area is 255 Å². The summed E-state index contributed by atoms with van der Waals surface area (Å²) in [7, 11) is 0. The molecule has 4 aromatic rings. The van der Waals surface area contributed by atoms with Crippen molar-refractivity contribution >= 4 is 17.3 Å². The number of nitrogens with two attached hydrogens (primary N) is 1. The summed E-state index contributed by atoms with van der Waals surface area (Å²) in [6, 6.07) is 14.4. The molecule has 1 atom stereocenters. The number of rotatable bonds is 8. The zero-order chi connectivity index (χ0) is 31.6. The van der Waals surface area contributed by atoms with Crippen molar-refractivity contribution in [3.63, 3.8) is 0 Å². The van der Waals surface area contributed by atoms with E-state index in [-0.39, 0.29) is 17.9 Å². The van der Waals surface area contributed by atoms with Gasteiger partial charge in [0, 0.05) is 61.8 Å². The van der Waals surface area contributed by atoms with Crippen molar-refractivity contribution < 1.29 is 17.6 Å². The molecular formula is C31H31ClF4N6O2. The predicted octanol–water partition coefficient (Wildman–Crippen LogP) is 4.60. The highest BCUT2D eigenvalue weighted by atomic mass is 35.5. The molecule has 2 aromatic carbocycles. The molecule has 1 aliphatic rings. The van der Waals surface area contributed by atoms with Crippen LogP contribution in [0.15, 0.2) is 76.4 Å². The lowest BCUT2D eigenvalue weighted by Crippen LogP contribution is -2.51. The molecule has 1 saturated heterocycles. The molecule has 0 radical (unpaired) electrons. The van der Waals surface area contributed by atoms with Crippen LogP contribution >= 0.6 is 11.6 Å². The average Bonchev–Trinajstić information content (AvgIpc) is 3.00. The highest BCUT2D eigenvalue weighted by molar-refractivity contribution is 6.30. The van der Waals surface area contributed by atoms with Crippen LogP contribution in [0.1, 0.15) is 34.0 Å². The molecule has 0 amide bonds. The number of hydrogen-bond donors (Lipinski definition) is 1. The van der Waals surface area contributed by atoms with Crippen LogP contribution in [0, 0.1) is 12.7 Å². The maximum absolute atomic E-state index is 14.9. The van der Waals surface area contributed by atoms with Gasteiger partial charge in [0.25, 0.3) is 5.56 Å². The standard InChI is InChI=1S/C31H31ClF4N6O2/c1-20-27(40-15-13-39(14-16-40)17-22-9-6-12-38-28(22)32)29(43)42(19-26(37)21-7-3-2-4-8-21)30(44)41(20)18-23-24(31(34,35)36)10-5-11-25(23)33/h2-12,26H,13-19,37H2,1H3/t26-/m1/s1. The van der Waals surface area contributed by atoms with Crippen molar-refractivity contribution in [1.29, 1.82) is 0 Å². The normalized spacial score (nSPS) is 15.0. The molecule has 0 spiro atoms. The Balaban J connectivity index is 1.54. The minimum absolute atomic E-state index is 0.143. The van der Waals surface area contributed by atoms with Crippen LogP contribution < -0.4 is 21.9 Å². The van der Waals surface area contributed by atoms with Crippen molar-refractivity contribution in [3.8, 4) is 0 Å². The van der Waals surface area contributed by atoms with Gasteiger partial charge >= 0.3 is 11.9 Å². The molecule has 232 valence electrons. The Morgan fingerprint density at radius 3 is 2.30 bits per heavy atom. The maximum Gasteiger partial charge on any atom is 0.416 e. The Morgan fingerprint density at radius 1 is 0.932 bits per heavy atom. The number of benzene rings is 2. The molecule has 0 aliphatic carbocycles. The van der Waals surface area contributed by atoms with Crippen molar-refractivity contribution in [2.24, 2.45) is 5.73 Å². The van der Waals surface area contributed by atoms with E-state index in [4.69, 9.17) is 17.3 Å². The molecular weight excluding hydrogens is 600 g/mol. The number of nitrogens with zero attached hydrogens (tertiary/aromatic N) is 5. The molecule has 0 unspecified atom stereocenters. The highest BCUT2D eigenvalue weighted by Gasteiger charge is 2.35. The van der Waals surface area contributed by atoms with Gasteiger partial charge in [-0.05, 0) is 30.7 Å². The van der Waals surface area contributed by atoms with Gasteiger partial charge in [0.15, 0.2) is 0 Å². The van der Waals surface area contributed by atoms with E-state index in [2.05, 4.69) is 9.88 Å². The zero-order valence-electron chi connectivity index (χ0n) is 23.9. The smallest absolute Gasteiger partial charge is 0.363 e. The summed E-state index contributed by atoms with van der Waals surface area (Å²) in [5.74, 6) is -1.10. The molecule has 2 N–H and O–H groups in total. The van der Waals surface area contributed by atoms with Gasteiger partial charge in [-0.1, -0.05) is 54.1 Å². The number of piperazine rings is 1. The molecule has 2 aromatic heterocycles. The van der Waals surface area contributed by atoms with Crippen LogP contribution in [-0.4, -0.2) is 45.2 Å². The second-order valence-corrected chi connectivity index (χ2v) is 11.1. The summed E-state index contributed by atoms with van der Waals surface area (Å²) in [6.07, 6.45) is -3.25. The van der Waals surface area contributed by atoms with Gasteiger partial charge in [-0.2, -0.15) is 13.2 Å². The molecule has 8 nitrogen and oxygen atoms in total. The third kappa shape index (κ3) is 6.57. The van der Waals surface area contributed by atoms with Crippen LogP contribution in [0.3, 0.4) is 0 Å². The number of aromatic nitrogens is 3. The summed E-state index contributed by atoms with van der Waals surface area (Å²) in [5, 5.41) is 0.405. The Hall–Kier alpha value is -4.00. The van der Waals surface area contributed by atoms with Crippen LogP contribution in [0.4, 0.5) is 23.2 Å². The number of hydrogen-bond acceptors (Lipinski definition) is 6. The van der Waals surface area contributed by atoms with Crippen molar-refractivity contribution in [1.82, 2.24) is 19.0 Å². The minimum Gasteiger partial charge on any atom is -0.363 e. The van der Waals surface area contributed by atoms with Crippen molar-refractivity contribution in [2.45, 2.75) is 38.8 Å². The summed E-state index contributed by atoms with van der Waals surface area (Å²) in [5.41, 5.74) is 4.87. The molecule has 0 bridgehead atoms. The van der Waals surface area contributed by atoms with E-state index in [1.807, 2.05) is 11.0 Å². The van der Waals surface area contributed by atoms with Gasteiger partial charge in [-0.3, -0.25) is 18.8 Å². The molecule has 0 saturated carbocycles. The van der Waals surface area contributed by atoms with E-state index in [1.54, 1.807) is 42.6 Å². The van der Waals surface area contributed by atoms with Gasteiger partial charge in [-0.25, -0.2) is 14.2 Å². The number of halogens is 5. The maximum atomic E-state index is 14.9. The lowest BCUT2D eigenvalue weighted by molar-refractivity contribution is -0.138. The van der Waals surface area contributed by atoms with Crippen LogP contribution in [0.2, 0.25) is 5.15 Å². The van der Waals surface area contributed by atoms with Crippen LogP contribution in [0.5, 0.6) is 0 Å². The van der Waals surface area contributed by atoms with Crippen molar-refractivity contribution in [2.75, 3.05) is 31.1 Å². The molecule has 1 fully saturated rings. The van der Waals surface area contributed by atoms with E-state index in [1.165, 1.54) is 6.92 Å². The first-order chi connectivity index (χ1) is 21.0. The minimum atomic E-state index is -4.85. The monoisotopic (exact) mass is 630 g/mol. The van der Waals surface area contributed by atoms with E-state index < -0.39 is 47.0 Å². The second-order valence-electron chi connectivity index (χ2n) is 10.7. The Bertz CT molecular complexity index is 1750. The largest absolute Gasteiger partial charge is 0.416 e. The average molecular weight is 631 g/mol. The molecule has 44 heavy (non-hydrogen) atoms. The second kappa shape index (κ2) is 12.9. The van der Waals surface area contributed by atoms with E-state index in [0.29, 0.717) is 43.4 Å². The van der Waals surface area contributed by atoms with Gasteiger partial charge in [0.05, 0.1) is 18.7 Å². The summed E-state index contributed by atoms with van der Waals surface area (Å²) in [4.78, 5) is 35.8. The predicted molar refractivity (Wildman–Crippen MR) is 160 cm³/mol. The SMILES string of the molecule is Cc1c(N2CCN(Cc3cccnc3Cl)CC2)c(=O)n(C[C@@H](N)c2ccccc2)c(=O)n1Cc1c(F)cccc1C(F)(F)F. The van der Waals surface area contributed by atoms with Crippen LogP contribution in [0.25, 0.3) is 0 Å². The molecule has 13 heteroatoms. The van der Waals surface area contributed by atoms with Gasteiger partial charge in [0.2, 0.25) is 0 Å². The van der Waals surface area contributed by atoms with Crippen molar-refractivity contribution in [3.05, 3.63) is 127 Å². The van der Waals surface area contributed by atoms with Gasteiger partial charge < -0.3 is 10.6 Å². The Morgan fingerprint density at radius 2 is 1.64 bits per heavy atom. The summed E-state index contributed by atoms with van der Waals surface area (Å²) in [6.45, 7) is 2.96. The lowest BCUT2D eigenvalue weighted by Gasteiger charge is -2.37. The third-order valence-corrected chi connectivity index (χ3v) is 8.26. The fourth-order valence-corrected chi connectivity index (χ4v) is 5.73. The highest BCUT2D eigenvalue weighted by Crippen LogP contribution is 2.33. The molecule has 1 aliphatic heterocycles. The fourth-order valence-electron chi connectivity index (χ4n) is 5.55. The summed E-state index contributed by atoms with van der Waals surface area (Å²) < 4.78 is 58.5. The van der Waals surface area contributed by atoms with E-state index in [0.717, 1.165) is 32.9 Å². The fraction of sp³-hybridized carbons (Fsp3) is 0.323. The van der Waals surface area contributed by atoms with Gasteiger partial charge in [0.1, 0.15) is 16.7 Å². The number of anilines is 1. The topological polar surface area (TPSA) is 89.4 Å². The van der Waals surface area contributed by atoms with E-state index >= 15 is 0 Å². The zero-order valence-corrected chi connectivity index (χ0v) is 24.7. The van der Waals surface area contributed by atoms with Gasteiger partial charge in [-0.15, -0.1) is 0 Å². The first-order valence-electron chi connectivity index (χ1n) is 14.0. The first-order valence-corrected chi connectivity index (χ1v) is 14.4. The third-order valence-electron chi connectivity index (χ3n) is 7.92. The lowest BCUT2D eigenvalue weighted by atomic mass is 10.1. The first kappa shape index (κ1) is 31.4. The molecule has 5 rings (SSSR count). The number of alkyl halides is 3. The van der Waals surface area contributed by atoms with Crippen LogP contribution in [-0.2, 0) is 25.8 Å². The van der Waals surface area contributed by atoms with E-state index in [9.17, 15) is 27.2 Å². The quantitative estimate of drug-likeness (QED) is 0.226. The Kier molecular flexibility index (Phi) is 9.23. The molecule has 3 heterocycles.